The molecule has 1 fully saturated rings. The van der Waals surface area contributed by atoms with Crippen molar-refractivity contribution in [1.29, 1.82) is 5.26 Å². The number of carbonyl (C=O) groups is 1. The molecule has 12 heteroatoms. The highest BCUT2D eigenvalue weighted by Gasteiger charge is 2.51. The summed E-state index contributed by atoms with van der Waals surface area (Å²) in [5, 5.41) is 9.03. The quantitative estimate of drug-likeness (QED) is 0.115. The molecule has 1 aliphatic heterocycles. The van der Waals surface area contributed by atoms with Gasteiger partial charge in [0.25, 0.3) is 0 Å². The number of fused-ring (bicyclic) bond motifs is 1. The zero-order chi connectivity index (χ0) is 24.8. The predicted molar refractivity (Wildman–Crippen MR) is 112 cm³/mol. The van der Waals surface area contributed by atoms with E-state index in [4.69, 9.17) is 15.7 Å². The second kappa shape index (κ2) is 8.11. The minimum Gasteiger partial charge on any atom is -0.379 e. The van der Waals surface area contributed by atoms with Gasteiger partial charge in [-0.1, -0.05) is 12.1 Å². The van der Waals surface area contributed by atoms with E-state index < -0.39 is 34.5 Å². The van der Waals surface area contributed by atoms with Crippen LogP contribution in [0.4, 0.5) is 17.6 Å². The number of alkyl halides is 4. The summed E-state index contributed by atoms with van der Waals surface area (Å²) in [6.07, 6.45) is -2.61. The number of hydrogen-bond donors (Lipinski definition) is 1. The third-order valence-corrected chi connectivity index (χ3v) is 5.93. The Hall–Kier alpha value is -3.98. The summed E-state index contributed by atoms with van der Waals surface area (Å²) in [7, 11) is 1.31. The first-order valence-corrected chi connectivity index (χ1v) is 9.92. The van der Waals surface area contributed by atoms with Crippen LogP contribution in [0.3, 0.4) is 0 Å². The Kier molecular flexibility index (Phi) is 5.53. The maximum Gasteiger partial charge on any atom is 0.418 e. The molecule has 0 saturated carbocycles. The van der Waals surface area contributed by atoms with Crippen LogP contribution in [0.2, 0.25) is 0 Å². The highest BCUT2D eigenvalue weighted by molar-refractivity contribution is 5.83. The Labute approximate surface area is 189 Å². The van der Waals surface area contributed by atoms with Crippen molar-refractivity contribution in [3.05, 3.63) is 69.9 Å². The molecule has 3 aromatic rings. The van der Waals surface area contributed by atoms with Crippen LogP contribution in [-0.4, -0.2) is 52.1 Å². The van der Waals surface area contributed by atoms with Crippen molar-refractivity contribution in [2.75, 3.05) is 20.3 Å². The summed E-state index contributed by atoms with van der Waals surface area (Å²) in [4.78, 5) is 24.1. The van der Waals surface area contributed by atoms with Gasteiger partial charge in [0, 0.05) is 23.2 Å². The predicted octanol–water partition coefficient (Wildman–Crippen LogP) is 2.01. The molecule has 8 nitrogen and oxygen atoms in total. The van der Waals surface area contributed by atoms with E-state index in [9.17, 15) is 22.8 Å². The van der Waals surface area contributed by atoms with Crippen molar-refractivity contribution in [3.63, 3.8) is 0 Å². The largest absolute Gasteiger partial charge is 0.418 e. The van der Waals surface area contributed by atoms with Gasteiger partial charge in [-0.3, -0.25) is 13.8 Å². The van der Waals surface area contributed by atoms with E-state index in [0.29, 0.717) is 11.6 Å². The number of aromatic nitrogens is 2. The molecule has 0 aliphatic carbocycles. The average Bonchev–Trinajstić information content (AvgIpc) is 3.12. The van der Waals surface area contributed by atoms with E-state index in [2.05, 4.69) is 0 Å². The number of halogens is 4. The van der Waals surface area contributed by atoms with Crippen LogP contribution < -0.4 is 11.4 Å². The lowest BCUT2D eigenvalue weighted by atomic mass is 9.74. The molecule has 1 atom stereocenters. The van der Waals surface area contributed by atoms with Crippen molar-refractivity contribution in [2.45, 2.75) is 17.8 Å². The van der Waals surface area contributed by atoms with E-state index in [1.807, 2.05) is 0 Å². The lowest BCUT2D eigenvalue weighted by Gasteiger charge is -2.43. The molecular formula is C22H18F4N5O3+. The van der Waals surface area contributed by atoms with Crippen LogP contribution in [-0.2, 0) is 16.3 Å². The monoisotopic (exact) mass is 476 g/mol. The van der Waals surface area contributed by atoms with Crippen molar-refractivity contribution < 1.29 is 31.7 Å². The van der Waals surface area contributed by atoms with Crippen molar-refractivity contribution >= 4 is 17.6 Å². The smallest absolute Gasteiger partial charge is 0.379 e. The highest BCUT2D eigenvalue weighted by Crippen LogP contribution is 2.39. The molecular weight excluding hydrogens is 458 g/mol. The first-order valence-electron chi connectivity index (χ1n) is 9.92. The fourth-order valence-corrected chi connectivity index (χ4v) is 3.94. The maximum absolute atomic E-state index is 15.4. The Morgan fingerprint density at radius 1 is 1.32 bits per heavy atom. The van der Waals surface area contributed by atoms with Crippen molar-refractivity contribution in [1.82, 2.24) is 8.97 Å². The SMILES string of the molecule is C[N+](C#N)=C(N)C(F)C1(c2cccc(-n3cc4c(C(F)(F)F)cc(C=O)cn4c3=O)c2)COC1. The zero-order valence-corrected chi connectivity index (χ0v) is 17.7. The lowest BCUT2D eigenvalue weighted by molar-refractivity contribution is -0.408. The van der Waals surface area contributed by atoms with E-state index in [0.717, 1.165) is 25.9 Å². The van der Waals surface area contributed by atoms with E-state index in [1.165, 1.54) is 25.2 Å². The van der Waals surface area contributed by atoms with Gasteiger partial charge >= 0.3 is 18.1 Å². The number of hydrogen-bond acceptors (Lipinski definition) is 4. The van der Waals surface area contributed by atoms with Crippen LogP contribution in [0.1, 0.15) is 21.5 Å². The Bertz CT molecular complexity index is 1430. The number of nitrogens with zero attached hydrogens (tertiary/aromatic N) is 4. The van der Waals surface area contributed by atoms with Gasteiger partial charge in [-0.2, -0.15) is 17.7 Å². The minimum atomic E-state index is -4.81. The first kappa shape index (κ1) is 23.2. The van der Waals surface area contributed by atoms with Crippen molar-refractivity contribution in [2.24, 2.45) is 5.73 Å². The lowest BCUT2D eigenvalue weighted by Crippen LogP contribution is -2.59. The number of aldehydes is 1. The van der Waals surface area contributed by atoms with E-state index in [-0.39, 0.29) is 36.6 Å². The van der Waals surface area contributed by atoms with Crippen molar-refractivity contribution in [3.8, 4) is 11.9 Å². The molecule has 0 bridgehead atoms. The number of amidine groups is 1. The Balaban J connectivity index is 1.88. The molecule has 0 radical (unpaired) electrons. The van der Waals surface area contributed by atoms with Gasteiger partial charge in [0.05, 0.1) is 42.4 Å². The first-order chi connectivity index (χ1) is 16.0. The van der Waals surface area contributed by atoms with Crippen LogP contribution >= 0.6 is 0 Å². The molecule has 176 valence electrons. The number of nitrogens with two attached hydrogens (primary N) is 1. The van der Waals surface area contributed by atoms with Gasteiger partial charge in [-0.15, -0.1) is 0 Å². The molecule has 1 aliphatic rings. The number of benzene rings is 1. The summed E-state index contributed by atoms with van der Waals surface area (Å²) in [6, 6.07) is 6.72. The maximum atomic E-state index is 15.4. The average molecular weight is 476 g/mol. The zero-order valence-electron chi connectivity index (χ0n) is 17.7. The third-order valence-electron chi connectivity index (χ3n) is 5.93. The number of pyridine rings is 1. The fraction of sp³-hybridized carbons (Fsp3) is 0.273. The van der Waals surface area contributed by atoms with Crippen LogP contribution in [0.15, 0.2) is 47.5 Å². The van der Waals surface area contributed by atoms with Gasteiger partial charge in [0.2, 0.25) is 5.84 Å². The number of ether oxygens (including phenoxy) is 1. The molecule has 0 amide bonds. The second-order valence-corrected chi connectivity index (χ2v) is 7.99. The highest BCUT2D eigenvalue weighted by atomic mass is 19.4. The minimum absolute atomic E-state index is 0.0505. The molecule has 2 N–H and O–H groups in total. The Morgan fingerprint density at radius 2 is 2.03 bits per heavy atom. The molecule has 4 rings (SSSR count). The van der Waals surface area contributed by atoms with Crippen LogP contribution in [0.5, 0.6) is 0 Å². The molecule has 3 heterocycles. The summed E-state index contributed by atoms with van der Waals surface area (Å²) in [5.41, 5.74) is 2.41. The Morgan fingerprint density at radius 3 is 2.59 bits per heavy atom. The fourth-order valence-electron chi connectivity index (χ4n) is 3.94. The number of imidazole rings is 1. The van der Waals surface area contributed by atoms with Gasteiger partial charge in [0.15, 0.2) is 12.5 Å². The van der Waals surface area contributed by atoms with Gasteiger partial charge in [0.1, 0.15) is 0 Å². The van der Waals surface area contributed by atoms with Crippen LogP contribution in [0.25, 0.3) is 11.2 Å². The molecule has 1 unspecified atom stereocenters. The molecule has 1 aromatic carbocycles. The van der Waals surface area contributed by atoms with Gasteiger partial charge in [-0.05, 0) is 23.8 Å². The van der Waals surface area contributed by atoms with Crippen LogP contribution in [0, 0.1) is 11.5 Å². The number of carbonyl (C=O) groups excluding carboxylic acids is 1. The summed E-state index contributed by atoms with van der Waals surface area (Å²) < 4.78 is 64.0. The summed E-state index contributed by atoms with van der Waals surface area (Å²) >= 11 is 0. The molecule has 34 heavy (non-hydrogen) atoms. The third kappa shape index (κ3) is 3.54. The van der Waals surface area contributed by atoms with E-state index >= 15 is 4.39 Å². The molecule has 2 aromatic heterocycles. The van der Waals surface area contributed by atoms with Gasteiger partial charge in [-0.25, -0.2) is 9.18 Å². The normalized spacial score (nSPS) is 16.9. The summed E-state index contributed by atoms with van der Waals surface area (Å²) in [5.74, 6) is -0.320. The topological polar surface area (TPSA) is 106 Å². The standard InChI is InChI=1S/C22H17F4N5O3/c1-29(12-27)19(28)18(23)21(10-34-11-21)14-3-2-4-15(6-14)30-8-17-16(22(24,25)26)5-13(9-32)7-31(17)20(30)33/h2-9,18,28H,10-11H2,1H3/p+1. The van der Waals surface area contributed by atoms with Gasteiger partial charge < -0.3 is 10.5 Å². The number of rotatable bonds is 5. The second-order valence-electron chi connectivity index (χ2n) is 7.99. The molecule has 1 saturated heterocycles. The van der Waals surface area contributed by atoms with E-state index in [1.54, 1.807) is 12.3 Å². The molecule has 0 spiro atoms. The summed E-state index contributed by atoms with van der Waals surface area (Å²) in [6.45, 7) is -0.101. The number of nitriles is 1.